The highest BCUT2D eigenvalue weighted by molar-refractivity contribution is 5.91. The van der Waals surface area contributed by atoms with Crippen LogP contribution >= 0.6 is 0 Å². The minimum absolute atomic E-state index is 0.230. The number of para-hydroxylation sites is 1. The summed E-state index contributed by atoms with van der Waals surface area (Å²) in [6, 6.07) is 10.9. The monoisotopic (exact) mass is 245 g/mol. The highest BCUT2D eigenvalue weighted by atomic mass is 16.5. The van der Waals surface area contributed by atoms with Gasteiger partial charge in [0.2, 0.25) is 0 Å². The predicted molar refractivity (Wildman–Crippen MR) is 67.5 cm³/mol. The molecule has 94 valence electrons. The van der Waals surface area contributed by atoms with Gasteiger partial charge in [-0.1, -0.05) is 18.2 Å². The van der Waals surface area contributed by atoms with Gasteiger partial charge in [-0.15, -0.1) is 0 Å². The van der Waals surface area contributed by atoms with E-state index in [1.165, 1.54) is 6.26 Å². The first-order valence-electron chi connectivity index (χ1n) is 5.83. The average Bonchev–Trinajstić information content (AvgIpc) is 2.92. The van der Waals surface area contributed by atoms with Crippen LogP contribution in [0.2, 0.25) is 0 Å². The van der Waals surface area contributed by atoms with Gasteiger partial charge in [0.05, 0.1) is 12.9 Å². The molecule has 0 spiro atoms. The maximum absolute atomic E-state index is 11.7. The highest BCUT2D eigenvalue weighted by Gasteiger charge is 2.09. The van der Waals surface area contributed by atoms with Crippen molar-refractivity contribution in [2.45, 2.75) is 13.5 Å². The molecule has 1 amide bonds. The molecule has 4 heteroatoms. The third kappa shape index (κ3) is 2.91. The van der Waals surface area contributed by atoms with Crippen molar-refractivity contribution in [2.75, 3.05) is 6.61 Å². The van der Waals surface area contributed by atoms with Crippen molar-refractivity contribution in [1.29, 1.82) is 0 Å². The van der Waals surface area contributed by atoms with Crippen molar-refractivity contribution in [3.05, 3.63) is 54.0 Å². The standard InChI is InChI=1S/C14H15NO3/c1-2-17-12-7-4-3-6-11(12)10-15-14(16)13-8-5-9-18-13/h3-9H,2,10H2,1H3,(H,15,16). The Kier molecular flexibility index (Phi) is 4.02. The number of benzene rings is 1. The lowest BCUT2D eigenvalue weighted by Gasteiger charge is -2.10. The Balaban J connectivity index is 2.00. The summed E-state index contributed by atoms with van der Waals surface area (Å²) in [5.74, 6) is 0.870. The van der Waals surface area contributed by atoms with Crippen LogP contribution in [-0.2, 0) is 6.54 Å². The van der Waals surface area contributed by atoms with E-state index in [1.807, 2.05) is 31.2 Å². The molecule has 0 saturated carbocycles. The molecule has 0 aliphatic carbocycles. The Bertz CT molecular complexity index is 506. The van der Waals surface area contributed by atoms with Gasteiger partial charge in [-0.3, -0.25) is 4.79 Å². The second-order valence-electron chi connectivity index (χ2n) is 3.70. The number of ether oxygens (including phenoxy) is 1. The summed E-state index contributed by atoms with van der Waals surface area (Å²) < 4.78 is 10.5. The predicted octanol–water partition coefficient (Wildman–Crippen LogP) is 2.61. The fraction of sp³-hybridized carbons (Fsp3) is 0.214. The fourth-order valence-electron chi connectivity index (χ4n) is 1.62. The quantitative estimate of drug-likeness (QED) is 0.880. The Morgan fingerprint density at radius 3 is 2.83 bits per heavy atom. The number of hydrogen-bond acceptors (Lipinski definition) is 3. The van der Waals surface area contributed by atoms with Crippen LogP contribution in [-0.4, -0.2) is 12.5 Å². The van der Waals surface area contributed by atoms with E-state index < -0.39 is 0 Å². The summed E-state index contributed by atoms with van der Waals surface area (Å²) in [7, 11) is 0. The van der Waals surface area contributed by atoms with E-state index in [-0.39, 0.29) is 5.91 Å². The second-order valence-corrected chi connectivity index (χ2v) is 3.70. The van der Waals surface area contributed by atoms with E-state index in [2.05, 4.69) is 5.32 Å². The van der Waals surface area contributed by atoms with Crippen LogP contribution in [0.1, 0.15) is 23.0 Å². The summed E-state index contributed by atoms with van der Waals surface area (Å²) in [5.41, 5.74) is 0.944. The van der Waals surface area contributed by atoms with Gasteiger partial charge in [-0.25, -0.2) is 0 Å². The third-order valence-corrected chi connectivity index (χ3v) is 2.46. The van der Waals surface area contributed by atoms with Gasteiger partial charge in [-0.05, 0) is 25.1 Å². The molecular weight excluding hydrogens is 230 g/mol. The molecule has 0 fully saturated rings. The molecule has 1 aromatic heterocycles. The number of furan rings is 1. The van der Waals surface area contributed by atoms with Crippen LogP contribution < -0.4 is 10.1 Å². The third-order valence-electron chi connectivity index (χ3n) is 2.46. The topological polar surface area (TPSA) is 51.5 Å². The Morgan fingerprint density at radius 2 is 2.11 bits per heavy atom. The molecule has 0 aliphatic heterocycles. The Morgan fingerprint density at radius 1 is 1.28 bits per heavy atom. The Hall–Kier alpha value is -2.23. The molecule has 2 rings (SSSR count). The normalized spacial score (nSPS) is 10.1. The molecule has 0 aliphatic rings. The van der Waals surface area contributed by atoms with Crippen molar-refractivity contribution in [3.8, 4) is 5.75 Å². The highest BCUT2D eigenvalue weighted by Crippen LogP contribution is 2.17. The van der Waals surface area contributed by atoms with Crippen LogP contribution in [0.15, 0.2) is 47.1 Å². The maximum Gasteiger partial charge on any atom is 0.287 e. The molecule has 0 radical (unpaired) electrons. The first-order valence-corrected chi connectivity index (χ1v) is 5.83. The van der Waals surface area contributed by atoms with Crippen molar-refractivity contribution in [3.63, 3.8) is 0 Å². The summed E-state index contributed by atoms with van der Waals surface area (Å²) in [5, 5.41) is 2.79. The van der Waals surface area contributed by atoms with E-state index in [9.17, 15) is 4.79 Å². The van der Waals surface area contributed by atoms with Gasteiger partial charge >= 0.3 is 0 Å². The van der Waals surface area contributed by atoms with E-state index in [0.29, 0.717) is 18.9 Å². The van der Waals surface area contributed by atoms with Crippen molar-refractivity contribution in [1.82, 2.24) is 5.32 Å². The molecule has 0 atom stereocenters. The van der Waals surface area contributed by atoms with Gasteiger partial charge in [0.25, 0.3) is 5.91 Å². The number of nitrogens with one attached hydrogen (secondary N) is 1. The Labute approximate surface area is 106 Å². The van der Waals surface area contributed by atoms with Crippen LogP contribution in [0, 0.1) is 0 Å². The first-order chi connectivity index (χ1) is 8.81. The first kappa shape index (κ1) is 12.2. The molecule has 2 aromatic rings. The molecule has 0 unspecified atom stereocenters. The number of rotatable bonds is 5. The summed E-state index contributed by atoms with van der Waals surface area (Å²) in [6.07, 6.45) is 1.48. The zero-order valence-corrected chi connectivity index (χ0v) is 10.2. The van der Waals surface area contributed by atoms with Crippen molar-refractivity contribution in [2.24, 2.45) is 0 Å². The SMILES string of the molecule is CCOc1ccccc1CNC(=O)c1ccco1. The molecule has 1 aromatic carbocycles. The fourth-order valence-corrected chi connectivity index (χ4v) is 1.62. The molecular formula is C14H15NO3. The average molecular weight is 245 g/mol. The zero-order valence-electron chi connectivity index (χ0n) is 10.2. The largest absolute Gasteiger partial charge is 0.494 e. The molecule has 1 heterocycles. The number of carbonyl (C=O) groups excluding carboxylic acids is 1. The second kappa shape index (κ2) is 5.91. The summed E-state index contributed by atoms with van der Waals surface area (Å²) in [4.78, 5) is 11.7. The summed E-state index contributed by atoms with van der Waals surface area (Å²) >= 11 is 0. The van der Waals surface area contributed by atoms with Crippen molar-refractivity contribution < 1.29 is 13.9 Å². The van der Waals surface area contributed by atoms with E-state index in [4.69, 9.17) is 9.15 Å². The molecule has 18 heavy (non-hydrogen) atoms. The summed E-state index contributed by atoms with van der Waals surface area (Å²) in [6.45, 7) is 2.94. The zero-order chi connectivity index (χ0) is 12.8. The van der Waals surface area contributed by atoms with Crippen molar-refractivity contribution >= 4 is 5.91 Å². The number of hydrogen-bond donors (Lipinski definition) is 1. The molecule has 0 bridgehead atoms. The van der Waals surface area contributed by atoms with Gasteiger partial charge < -0.3 is 14.5 Å². The van der Waals surface area contributed by atoms with Gasteiger partial charge in [-0.2, -0.15) is 0 Å². The van der Waals surface area contributed by atoms with Gasteiger partial charge in [0.15, 0.2) is 5.76 Å². The van der Waals surface area contributed by atoms with Crippen LogP contribution in [0.3, 0.4) is 0 Å². The lowest BCUT2D eigenvalue weighted by atomic mass is 10.2. The molecule has 1 N–H and O–H groups in total. The van der Waals surface area contributed by atoms with Crippen LogP contribution in [0.4, 0.5) is 0 Å². The minimum atomic E-state index is -0.230. The lowest BCUT2D eigenvalue weighted by molar-refractivity contribution is 0.0923. The smallest absolute Gasteiger partial charge is 0.287 e. The maximum atomic E-state index is 11.7. The van der Waals surface area contributed by atoms with Crippen LogP contribution in [0.25, 0.3) is 0 Å². The van der Waals surface area contributed by atoms with E-state index in [1.54, 1.807) is 12.1 Å². The number of carbonyl (C=O) groups is 1. The van der Waals surface area contributed by atoms with E-state index in [0.717, 1.165) is 11.3 Å². The van der Waals surface area contributed by atoms with Gasteiger partial charge in [0, 0.05) is 12.1 Å². The van der Waals surface area contributed by atoms with Gasteiger partial charge in [0.1, 0.15) is 5.75 Å². The lowest BCUT2D eigenvalue weighted by Crippen LogP contribution is -2.22. The van der Waals surface area contributed by atoms with Crippen LogP contribution in [0.5, 0.6) is 5.75 Å². The molecule has 4 nitrogen and oxygen atoms in total. The minimum Gasteiger partial charge on any atom is -0.494 e. The molecule has 0 saturated heterocycles. The van der Waals surface area contributed by atoms with E-state index >= 15 is 0 Å². The number of amides is 1.